The van der Waals surface area contributed by atoms with E-state index in [1.54, 1.807) is 0 Å². The van der Waals surface area contributed by atoms with Crippen molar-refractivity contribution in [3.05, 3.63) is 12.2 Å². The largest absolute Gasteiger partial charge is 0.393 e. The van der Waals surface area contributed by atoms with Crippen LogP contribution in [0.4, 0.5) is 0 Å². The first kappa shape index (κ1) is 11.1. The van der Waals surface area contributed by atoms with Crippen molar-refractivity contribution >= 4 is 23.9 Å². The standard InChI is InChI=1S/C5H4O3.C4H4O3/c1-3-2-4(6)8-5(3)7;5-3-1-2-4(6)7-3/h1-2H2;1-2H2. The third-order valence-corrected chi connectivity index (χ3v) is 1.61. The highest BCUT2D eigenvalue weighted by Gasteiger charge is 2.24. The van der Waals surface area contributed by atoms with Gasteiger partial charge in [0.2, 0.25) is 0 Å². The summed E-state index contributed by atoms with van der Waals surface area (Å²) in [7, 11) is 0. The van der Waals surface area contributed by atoms with Gasteiger partial charge in [0.25, 0.3) is 0 Å². The Kier molecular flexibility index (Phi) is 3.33. The van der Waals surface area contributed by atoms with Crippen LogP contribution in [0.15, 0.2) is 12.2 Å². The van der Waals surface area contributed by atoms with E-state index in [1.807, 2.05) is 0 Å². The van der Waals surface area contributed by atoms with Gasteiger partial charge in [-0.25, -0.2) is 4.79 Å². The molecule has 80 valence electrons. The third-order valence-electron chi connectivity index (χ3n) is 1.61. The van der Waals surface area contributed by atoms with Crippen LogP contribution in [0.1, 0.15) is 19.3 Å². The van der Waals surface area contributed by atoms with Gasteiger partial charge in [-0.1, -0.05) is 6.58 Å². The van der Waals surface area contributed by atoms with E-state index in [1.165, 1.54) is 0 Å². The molecule has 6 heteroatoms. The van der Waals surface area contributed by atoms with Crippen molar-refractivity contribution in [1.82, 2.24) is 0 Å². The molecule has 0 aliphatic carbocycles. The Morgan fingerprint density at radius 1 is 0.867 bits per heavy atom. The zero-order valence-electron chi connectivity index (χ0n) is 7.78. The molecule has 0 aromatic rings. The van der Waals surface area contributed by atoms with Crippen molar-refractivity contribution in [2.75, 3.05) is 0 Å². The molecule has 0 unspecified atom stereocenters. The molecule has 0 amide bonds. The molecule has 2 heterocycles. The molecule has 0 radical (unpaired) electrons. The Bertz CT molecular complexity index is 322. The van der Waals surface area contributed by atoms with E-state index in [9.17, 15) is 19.2 Å². The molecule has 0 N–H and O–H groups in total. The predicted molar refractivity (Wildman–Crippen MR) is 45.2 cm³/mol. The number of hydrogen-bond acceptors (Lipinski definition) is 6. The normalized spacial score (nSPS) is 19.6. The monoisotopic (exact) mass is 212 g/mol. The van der Waals surface area contributed by atoms with E-state index in [2.05, 4.69) is 16.1 Å². The molecular formula is C9H8O6. The molecule has 2 aliphatic heterocycles. The summed E-state index contributed by atoms with van der Waals surface area (Å²) >= 11 is 0. The second kappa shape index (κ2) is 4.50. The van der Waals surface area contributed by atoms with Gasteiger partial charge >= 0.3 is 23.9 Å². The van der Waals surface area contributed by atoms with Crippen molar-refractivity contribution in [2.24, 2.45) is 0 Å². The highest BCUT2D eigenvalue weighted by Crippen LogP contribution is 2.10. The van der Waals surface area contributed by atoms with Gasteiger partial charge in [0.05, 0.1) is 19.3 Å². The molecule has 0 bridgehead atoms. The van der Waals surface area contributed by atoms with E-state index >= 15 is 0 Å². The minimum absolute atomic E-state index is 0.0544. The second-order valence-corrected chi connectivity index (χ2v) is 2.89. The zero-order chi connectivity index (χ0) is 11.4. The highest BCUT2D eigenvalue weighted by atomic mass is 16.6. The molecule has 2 fully saturated rings. The van der Waals surface area contributed by atoms with Crippen LogP contribution in [-0.4, -0.2) is 23.9 Å². The topological polar surface area (TPSA) is 86.7 Å². The first-order valence-electron chi connectivity index (χ1n) is 4.15. The van der Waals surface area contributed by atoms with E-state index in [4.69, 9.17) is 0 Å². The van der Waals surface area contributed by atoms with Crippen LogP contribution in [0, 0.1) is 0 Å². The lowest BCUT2D eigenvalue weighted by atomic mass is 10.3. The van der Waals surface area contributed by atoms with Crippen molar-refractivity contribution < 1.29 is 28.7 Å². The second-order valence-electron chi connectivity index (χ2n) is 2.89. The highest BCUT2D eigenvalue weighted by molar-refractivity contribution is 6.05. The summed E-state index contributed by atoms with van der Waals surface area (Å²) in [5.41, 5.74) is 0.245. The van der Waals surface area contributed by atoms with Crippen molar-refractivity contribution in [2.45, 2.75) is 19.3 Å². The van der Waals surface area contributed by atoms with Crippen LogP contribution in [0.2, 0.25) is 0 Å². The lowest BCUT2D eigenvalue weighted by molar-refractivity contribution is -0.153. The number of ether oxygens (including phenoxy) is 2. The number of esters is 4. The average molecular weight is 212 g/mol. The summed E-state index contributed by atoms with van der Waals surface area (Å²) in [5.74, 6) is -1.88. The minimum atomic E-state index is -0.588. The number of cyclic esters (lactones) is 4. The average Bonchev–Trinajstić information content (AvgIpc) is 2.61. The minimum Gasteiger partial charge on any atom is -0.393 e. The molecule has 15 heavy (non-hydrogen) atoms. The van der Waals surface area contributed by atoms with Gasteiger partial charge in [-0.05, 0) is 0 Å². The quantitative estimate of drug-likeness (QED) is 0.315. The number of rotatable bonds is 0. The Morgan fingerprint density at radius 2 is 1.40 bits per heavy atom. The molecule has 0 saturated carbocycles. The molecule has 0 atom stereocenters. The number of carbonyl (C=O) groups is 4. The molecule has 0 aromatic carbocycles. The van der Waals surface area contributed by atoms with Crippen LogP contribution < -0.4 is 0 Å². The van der Waals surface area contributed by atoms with Gasteiger partial charge in [0.15, 0.2) is 0 Å². The lowest BCUT2D eigenvalue weighted by Crippen LogP contribution is -1.95. The smallest absolute Gasteiger partial charge is 0.341 e. The Balaban J connectivity index is 0.000000151. The van der Waals surface area contributed by atoms with Gasteiger partial charge in [0.1, 0.15) is 0 Å². The maximum Gasteiger partial charge on any atom is 0.341 e. The molecule has 0 aromatic heterocycles. The fourth-order valence-electron chi connectivity index (χ4n) is 0.891. The van der Waals surface area contributed by atoms with E-state index in [-0.39, 0.29) is 24.8 Å². The maximum atomic E-state index is 10.2. The van der Waals surface area contributed by atoms with Crippen LogP contribution in [0.25, 0.3) is 0 Å². The molecule has 2 aliphatic rings. The Hall–Kier alpha value is -1.98. The summed E-state index contributed by atoms with van der Waals surface area (Å²) < 4.78 is 8.18. The third kappa shape index (κ3) is 3.34. The summed E-state index contributed by atoms with van der Waals surface area (Å²) in [6.45, 7) is 3.29. The van der Waals surface area contributed by atoms with Gasteiger partial charge < -0.3 is 9.47 Å². The molecule has 6 nitrogen and oxygen atoms in total. The van der Waals surface area contributed by atoms with Crippen molar-refractivity contribution in [3.63, 3.8) is 0 Å². The molecule has 2 rings (SSSR count). The summed E-state index contributed by atoms with van der Waals surface area (Å²) in [6, 6.07) is 0. The Morgan fingerprint density at radius 3 is 1.53 bits per heavy atom. The van der Waals surface area contributed by atoms with E-state index < -0.39 is 23.9 Å². The fraction of sp³-hybridized carbons (Fsp3) is 0.333. The Labute approximate surface area is 84.8 Å². The van der Waals surface area contributed by atoms with Crippen LogP contribution >= 0.6 is 0 Å². The molecule has 2 saturated heterocycles. The fourth-order valence-corrected chi connectivity index (χ4v) is 0.891. The van der Waals surface area contributed by atoms with Gasteiger partial charge in [-0.3, -0.25) is 14.4 Å². The van der Waals surface area contributed by atoms with Gasteiger partial charge in [0, 0.05) is 5.57 Å². The van der Waals surface area contributed by atoms with Gasteiger partial charge in [-0.15, -0.1) is 0 Å². The van der Waals surface area contributed by atoms with Gasteiger partial charge in [-0.2, -0.15) is 0 Å². The summed E-state index contributed by atoms with van der Waals surface area (Å²) in [5, 5.41) is 0. The maximum absolute atomic E-state index is 10.2. The summed E-state index contributed by atoms with van der Waals surface area (Å²) in [6.07, 6.45) is 0.580. The number of carbonyl (C=O) groups excluding carboxylic acids is 4. The zero-order valence-corrected chi connectivity index (χ0v) is 7.78. The van der Waals surface area contributed by atoms with Crippen LogP contribution in [-0.2, 0) is 28.7 Å². The number of hydrogen-bond donors (Lipinski definition) is 0. The summed E-state index contributed by atoms with van der Waals surface area (Å²) in [4.78, 5) is 40.4. The molecule has 0 spiro atoms. The van der Waals surface area contributed by atoms with Crippen LogP contribution in [0.3, 0.4) is 0 Å². The van der Waals surface area contributed by atoms with E-state index in [0.717, 1.165) is 0 Å². The predicted octanol–water partition coefficient (Wildman–Crippen LogP) is -0.134. The van der Waals surface area contributed by atoms with Crippen LogP contribution in [0.5, 0.6) is 0 Å². The SMILES string of the molecule is C=C1CC(=O)OC1=O.O=C1CCC(=O)O1. The lowest BCUT2D eigenvalue weighted by Gasteiger charge is -1.80. The molecular weight excluding hydrogens is 204 g/mol. The first-order chi connectivity index (χ1) is 6.99. The first-order valence-corrected chi connectivity index (χ1v) is 4.15. The van der Waals surface area contributed by atoms with Crippen molar-refractivity contribution in [3.8, 4) is 0 Å². The van der Waals surface area contributed by atoms with Crippen molar-refractivity contribution in [1.29, 1.82) is 0 Å². The van der Waals surface area contributed by atoms with E-state index in [0.29, 0.717) is 0 Å².